The summed E-state index contributed by atoms with van der Waals surface area (Å²) < 4.78 is 37.5. The summed E-state index contributed by atoms with van der Waals surface area (Å²) in [5.74, 6) is -2.26. The third-order valence-electron chi connectivity index (χ3n) is 3.69. The minimum Gasteiger partial charge on any atom is -0.393 e. The number of hydrogen-bond acceptors (Lipinski definition) is 6. The molecule has 0 saturated carbocycles. The van der Waals surface area contributed by atoms with Crippen molar-refractivity contribution in [3.05, 3.63) is 64.6 Å². The SMILES string of the molecule is Cc1c(Br)ccc([N+](=O)[O-])c1N.Cc1c(Br)ccc([N+](=O)[O-])c1NC(=O)C(F)(F)F. The number of rotatable bonds is 3. The lowest BCUT2D eigenvalue weighted by Crippen LogP contribution is -2.30. The second-order valence-corrected chi connectivity index (χ2v) is 7.35. The number of hydrogen-bond donors (Lipinski definition) is 2. The van der Waals surface area contributed by atoms with E-state index < -0.39 is 33.3 Å². The van der Waals surface area contributed by atoms with Crippen molar-refractivity contribution in [1.29, 1.82) is 0 Å². The molecule has 0 radical (unpaired) electrons. The van der Waals surface area contributed by atoms with Crippen molar-refractivity contribution in [1.82, 2.24) is 0 Å². The maximum absolute atomic E-state index is 12.1. The van der Waals surface area contributed by atoms with Crippen molar-refractivity contribution in [3.8, 4) is 0 Å². The number of nitrogens with two attached hydrogens (primary N) is 1. The zero-order chi connectivity index (χ0) is 23.4. The summed E-state index contributed by atoms with van der Waals surface area (Å²) in [5, 5.41) is 22.6. The van der Waals surface area contributed by atoms with Crippen LogP contribution in [0, 0.1) is 34.1 Å². The number of nitrogen functional groups attached to an aromatic ring is 1. The Balaban J connectivity index is 0.000000325. The van der Waals surface area contributed by atoms with Crippen molar-refractivity contribution in [2.24, 2.45) is 0 Å². The fourth-order valence-electron chi connectivity index (χ4n) is 2.01. The van der Waals surface area contributed by atoms with E-state index in [0.29, 0.717) is 10.0 Å². The molecule has 30 heavy (non-hydrogen) atoms. The first-order valence-electron chi connectivity index (χ1n) is 7.69. The average Bonchev–Trinajstić information content (AvgIpc) is 2.62. The lowest BCUT2D eigenvalue weighted by molar-refractivity contribution is -0.384. The van der Waals surface area contributed by atoms with Gasteiger partial charge in [-0.3, -0.25) is 25.0 Å². The monoisotopic (exact) mass is 556 g/mol. The summed E-state index contributed by atoms with van der Waals surface area (Å²) in [5.41, 5.74) is 5.44. The molecule has 14 heteroatoms. The number of alkyl halides is 3. The maximum atomic E-state index is 12.1. The Bertz CT molecular complexity index is 1020. The molecule has 0 unspecified atom stereocenters. The van der Waals surface area contributed by atoms with Gasteiger partial charge in [0.1, 0.15) is 11.4 Å². The highest BCUT2D eigenvalue weighted by molar-refractivity contribution is 9.10. The van der Waals surface area contributed by atoms with Gasteiger partial charge in [0.2, 0.25) is 0 Å². The zero-order valence-electron chi connectivity index (χ0n) is 15.2. The molecule has 0 atom stereocenters. The summed E-state index contributed by atoms with van der Waals surface area (Å²) >= 11 is 6.24. The highest BCUT2D eigenvalue weighted by Crippen LogP contribution is 2.34. The number of amides is 1. The van der Waals surface area contributed by atoms with E-state index in [2.05, 4.69) is 31.9 Å². The molecule has 0 aliphatic rings. The van der Waals surface area contributed by atoms with Crippen LogP contribution in [-0.2, 0) is 4.79 Å². The van der Waals surface area contributed by atoms with Gasteiger partial charge in [-0.2, -0.15) is 13.2 Å². The lowest BCUT2D eigenvalue weighted by atomic mass is 10.1. The molecule has 0 fully saturated rings. The Morgan fingerprint density at radius 3 is 1.83 bits per heavy atom. The minimum absolute atomic E-state index is 0.0456. The minimum atomic E-state index is -5.11. The number of nitro benzene ring substituents is 2. The number of nitrogens with one attached hydrogen (secondary N) is 1. The number of benzene rings is 2. The van der Waals surface area contributed by atoms with Crippen molar-refractivity contribution in [2.45, 2.75) is 20.0 Å². The fourth-order valence-corrected chi connectivity index (χ4v) is 2.69. The van der Waals surface area contributed by atoms with Gasteiger partial charge in [0.15, 0.2) is 0 Å². The van der Waals surface area contributed by atoms with Gasteiger partial charge in [-0.15, -0.1) is 0 Å². The van der Waals surface area contributed by atoms with Gasteiger partial charge in [0.05, 0.1) is 9.85 Å². The smallest absolute Gasteiger partial charge is 0.393 e. The van der Waals surface area contributed by atoms with Crippen molar-refractivity contribution >= 4 is 60.5 Å². The first kappa shape index (κ1) is 25.3. The van der Waals surface area contributed by atoms with Crippen LogP contribution in [0.25, 0.3) is 0 Å². The average molecular weight is 558 g/mol. The number of nitro groups is 2. The summed E-state index contributed by atoms with van der Waals surface area (Å²) in [6, 6.07) is 5.32. The molecule has 2 rings (SSSR count). The van der Waals surface area contributed by atoms with Gasteiger partial charge in [-0.05, 0) is 37.1 Å². The zero-order valence-corrected chi connectivity index (χ0v) is 18.4. The molecule has 0 aliphatic heterocycles. The normalized spacial score (nSPS) is 10.6. The quantitative estimate of drug-likeness (QED) is 0.293. The van der Waals surface area contributed by atoms with Gasteiger partial charge in [0.25, 0.3) is 11.4 Å². The third-order valence-corrected chi connectivity index (χ3v) is 5.41. The molecule has 3 N–H and O–H groups in total. The van der Waals surface area contributed by atoms with E-state index in [4.69, 9.17) is 5.73 Å². The highest BCUT2D eigenvalue weighted by Gasteiger charge is 2.40. The van der Waals surface area contributed by atoms with Crippen LogP contribution in [0.1, 0.15) is 11.1 Å². The van der Waals surface area contributed by atoms with E-state index in [9.17, 15) is 38.2 Å². The fraction of sp³-hybridized carbons (Fsp3) is 0.188. The molecular formula is C16H13Br2F3N4O5. The van der Waals surface area contributed by atoms with Crippen LogP contribution in [-0.4, -0.2) is 21.9 Å². The van der Waals surface area contributed by atoms with Crippen molar-refractivity contribution in [3.63, 3.8) is 0 Å². The first-order valence-corrected chi connectivity index (χ1v) is 9.27. The van der Waals surface area contributed by atoms with Crippen LogP contribution in [0.15, 0.2) is 33.2 Å². The number of nitrogens with zero attached hydrogens (tertiary/aromatic N) is 2. The van der Waals surface area contributed by atoms with Gasteiger partial charge in [0, 0.05) is 21.1 Å². The van der Waals surface area contributed by atoms with Gasteiger partial charge >= 0.3 is 12.1 Å². The van der Waals surface area contributed by atoms with Crippen molar-refractivity contribution in [2.75, 3.05) is 11.1 Å². The molecule has 162 valence electrons. The van der Waals surface area contributed by atoms with Crippen LogP contribution in [0.2, 0.25) is 0 Å². The molecule has 0 bridgehead atoms. The Labute approximate surface area is 184 Å². The maximum Gasteiger partial charge on any atom is 0.471 e. The van der Waals surface area contributed by atoms with E-state index in [0.717, 1.165) is 10.5 Å². The number of halogens is 5. The van der Waals surface area contributed by atoms with E-state index >= 15 is 0 Å². The summed E-state index contributed by atoms with van der Waals surface area (Å²) in [4.78, 5) is 30.5. The third kappa shape index (κ3) is 6.13. The van der Waals surface area contributed by atoms with E-state index in [-0.39, 0.29) is 16.9 Å². The van der Waals surface area contributed by atoms with Crippen LogP contribution in [0.3, 0.4) is 0 Å². The first-order chi connectivity index (χ1) is 13.7. The van der Waals surface area contributed by atoms with Crippen molar-refractivity contribution < 1.29 is 27.8 Å². The highest BCUT2D eigenvalue weighted by atomic mass is 79.9. The molecule has 2 aromatic carbocycles. The number of carbonyl (C=O) groups excluding carboxylic acids is 1. The molecular weight excluding hydrogens is 545 g/mol. The Morgan fingerprint density at radius 1 is 0.967 bits per heavy atom. The van der Waals surface area contributed by atoms with E-state index in [1.165, 1.54) is 24.4 Å². The predicted octanol–water partition coefficient (Wildman–Crippen LogP) is 5.41. The molecule has 0 saturated heterocycles. The second-order valence-electron chi connectivity index (χ2n) is 5.64. The summed E-state index contributed by atoms with van der Waals surface area (Å²) in [6.07, 6.45) is -5.11. The van der Waals surface area contributed by atoms with Crippen LogP contribution in [0.4, 0.5) is 35.9 Å². The Kier molecular flexibility index (Phi) is 8.30. The molecule has 1 amide bonds. The summed E-state index contributed by atoms with van der Waals surface area (Å²) in [7, 11) is 0. The standard InChI is InChI=1S/C9H6BrF3N2O3.C7H7BrN2O2/c1-4-5(10)2-3-6(15(17)18)7(4)14-8(16)9(11,12)13;1-4-5(8)2-3-6(7(4)9)10(11)12/h2-3H,1H3,(H,14,16);2-3H,9H2,1H3. The predicted molar refractivity (Wildman–Crippen MR) is 110 cm³/mol. The number of carbonyl (C=O) groups is 1. The lowest BCUT2D eigenvalue weighted by Gasteiger charge is -2.11. The molecule has 0 aliphatic carbocycles. The van der Waals surface area contributed by atoms with Crippen LogP contribution < -0.4 is 11.1 Å². The van der Waals surface area contributed by atoms with E-state index in [1.807, 2.05) is 0 Å². The second kappa shape index (κ2) is 9.84. The molecule has 2 aromatic rings. The van der Waals surface area contributed by atoms with Crippen LogP contribution in [0.5, 0.6) is 0 Å². The van der Waals surface area contributed by atoms with Gasteiger partial charge in [-0.25, -0.2) is 0 Å². The van der Waals surface area contributed by atoms with Crippen LogP contribution >= 0.6 is 31.9 Å². The topological polar surface area (TPSA) is 141 Å². The molecule has 0 aromatic heterocycles. The summed E-state index contributed by atoms with van der Waals surface area (Å²) in [6.45, 7) is 3.08. The molecule has 0 spiro atoms. The molecule has 0 heterocycles. The number of anilines is 2. The Hall–Kier alpha value is -2.74. The molecule has 9 nitrogen and oxygen atoms in total. The van der Waals surface area contributed by atoms with Gasteiger partial charge < -0.3 is 11.1 Å². The van der Waals surface area contributed by atoms with Gasteiger partial charge in [-0.1, -0.05) is 31.9 Å². The van der Waals surface area contributed by atoms with E-state index in [1.54, 1.807) is 13.0 Å². The Morgan fingerprint density at radius 2 is 1.40 bits per heavy atom. The largest absolute Gasteiger partial charge is 0.471 e.